The number of aromatic nitrogens is 5. The van der Waals surface area contributed by atoms with Crippen molar-refractivity contribution in [3.05, 3.63) is 53.9 Å². The molecule has 0 amide bonds. The highest BCUT2D eigenvalue weighted by Gasteiger charge is 2.14. The van der Waals surface area contributed by atoms with E-state index in [0.717, 1.165) is 16.8 Å². The SMILES string of the molecule is C[C@@H](CO)Nc1cnc2c(-c3cnn(C)c3)nc(-c3ccc(Cl)cc3)cc2n1. The van der Waals surface area contributed by atoms with Crippen LogP contribution in [-0.4, -0.2) is 42.5 Å². The van der Waals surface area contributed by atoms with Crippen LogP contribution in [0.3, 0.4) is 0 Å². The van der Waals surface area contributed by atoms with E-state index in [9.17, 15) is 5.11 Å². The van der Waals surface area contributed by atoms with Gasteiger partial charge in [-0.15, -0.1) is 0 Å². The molecule has 4 aromatic rings. The van der Waals surface area contributed by atoms with Crippen LogP contribution in [0.15, 0.2) is 48.9 Å². The first-order valence-electron chi connectivity index (χ1n) is 8.83. The Bertz CT molecular complexity index is 1130. The second-order valence-corrected chi connectivity index (χ2v) is 7.05. The molecule has 0 aliphatic rings. The van der Waals surface area contributed by atoms with E-state index in [0.29, 0.717) is 27.6 Å². The predicted octanol–water partition coefficient (Wildman–Crippen LogP) is 3.54. The summed E-state index contributed by atoms with van der Waals surface area (Å²) in [4.78, 5) is 14.1. The standard InChI is InChI=1S/C20H19ClN6O/c1-12(11-28)24-18-9-22-20-17(25-18)7-16(13-3-5-15(21)6-4-13)26-19(20)14-8-23-27(2)10-14/h3-10,12,28H,11H2,1-2H3,(H,24,25)/t12-/m0/s1. The summed E-state index contributed by atoms with van der Waals surface area (Å²) in [7, 11) is 1.86. The lowest BCUT2D eigenvalue weighted by Gasteiger charge is -2.13. The van der Waals surface area contributed by atoms with Crippen molar-refractivity contribution in [2.75, 3.05) is 11.9 Å². The molecule has 0 fully saturated rings. The molecule has 3 aromatic heterocycles. The zero-order valence-electron chi connectivity index (χ0n) is 15.5. The smallest absolute Gasteiger partial charge is 0.145 e. The third-order valence-corrected chi connectivity index (χ3v) is 4.57. The molecular formula is C20H19ClN6O. The molecule has 7 nitrogen and oxygen atoms in total. The summed E-state index contributed by atoms with van der Waals surface area (Å²) in [6.07, 6.45) is 5.31. The molecule has 1 atom stereocenters. The number of fused-ring (bicyclic) bond motifs is 1. The van der Waals surface area contributed by atoms with Gasteiger partial charge in [0.2, 0.25) is 0 Å². The Labute approximate surface area is 167 Å². The number of hydrogen-bond donors (Lipinski definition) is 2. The number of nitrogens with one attached hydrogen (secondary N) is 1. The van der Waals surface area contributed by atoms with E-state index < -0.39 is 0 Å². The van der Waals surface area contributed by atoms with E-state index in [2.05, 4.69) is 20.4 Å². The Morgan fingerprint density at radius 3 is 2.61 bits per heavy atom. The van der Waals surface area contributed by atoms with Crippen molar-refractivity contribution in [1.82, 2.24) is 24.7 Å². The van der Waals surface area contributed by atoms with Gasteiger partial charge in [0.05, 0.1) is 30.2 Å². The summed E-state index contributed by atoms with van der Waals surface area (Å²) in [6, 6.07) is 9.29. The predicted molar refractivity (Wildman–Crippen MR) is 110 cm³/mol. The highest BCUT2D eigenvalue weighted by molar-refractivity contribution is 6.30. The van der Waals surface area contributed by atoms with Crippen LogP contribution in [0.2, 0.25) is 5.02 Å². The maximum Gasteiger partial charge on any atom is 0.145 e. The molecule has 4 rings (SSSR count). The van der Waals surface area contributed by atoms with Gasteiger partial charge in [-0.1, -0.05) is 23.7 Å². The first-order valence-corrected chi connectivity index (χ1v) is 9.21. The van der Waals surface area contributed by atoms with E-state index in [1.807, 2.05) is 50.5 Å². The molecule has 1 aromatic carbocycles. The lowest BCUT2D eigenvalue weighted by Crippen LogP contribution is -2.20. The number of benzene rings is 1. The minimum absolute atomic E-state index is 0.00697. The van der Waals surface area contributed by atoms with Crippen LogP contribution < -0.4 is 5.32 Å². The quantitative estimate of drug-likeness (QED) is 0.538. The second-order valence-electron chi connectivity index (χ2n) is 6.62. The van der Waals surface area contributed by atoms with Crippen molar-refractivity contribution in [1.29, 1.82) is 0 Å². The number of aliphatic hydroxyl groups is 1. The number of anilines is 1. The molecular weight excluding hydrogens is 376 g/mol. The van der Waals surface area contributed by atoms with Crippen molar-refractivity contribution < 1.29 is 5.11 Å². The Kier molecular flexibility index (Phi) is 4.93. The van der Waals surface area contributed by atoms with Gasteiger partial charge in [0.15, 0.2) is 0 Å². The van der Waals surface area contributed by atoms with Gasteiger partial charge in [0.1, 0.15) is 17.0 Å². The van der Waals surface area contributed by atoms with Crippen LogP contribution in [0.25, 0.3) is 33.5 Å². The van der Waals surface area contributed by atoms with Gasteiger partial charge in [0.25, 0.3) is 0 Å². The fraction of sp³-hybridized carbons (Fsp3) is 0.200. The summed E-state index contributed by atoms with van der Waals surface area (Å²) < 4.78 is 1.73. The van der Waals surface area contributed by atoms with Crippen LogP contribution in [0.4, 0.5) is 5.82 Å². The topological polar surface area (TPSA) is 88.8 Å². The molecule has 0 aliphatic heterocycles. The van der Waals surface area contributed by atoms with Crippen LogP contribution in [-0.2, 0) is 7.05 Å². The zero-order valence-corrected chi connectivity index (χ0v) is 16.2. The molecule has 28 heavy (non-hydrogen) atoms. The first-order chi connectivity index (χ1) is 13.5. The maximum absolute atomic E-state index is 9.28. The van der Waals surface area contributed by atoms with E-state index in [-0.39, 0.29) is 12.6 Å². The van der Waals surface area contributed by atoms with Crippen LogP contribution in [0, 0.1) is 0 Å². The highest BCUT2D eigenvalue weighted by Crippen LogP contribution is 2.30. The molecule has 0 bridgehead atoms. The van der Waals surface area contributed by atoms with Crippen molar-refractivity contribution in [2.24, 2.45) is 7.05 Å². The molecule has 0 radical (unpaired) electrons. The molecule has 0 saturated heterocycles. The average Bonchev–Trinajstić information content (AvgIpc) is 3.13. The van der Waals surface area contributed by atoms with Crippen LogP contribution in [0.5, 0.6) is 0 Å². The number of aliphatic hydroxyl groups excluding tert-OH is 1. The van der Waals surface area contributed by atoms with E-state index in [1.54, 1.807) is 17.1 Å². The Hall–Kier alpha value is -3.03. The molecule has 0 saturated carbocycles. The van der Waals surface area contributed by atoms with Crippen LogP contribution in [0.1, 0.15) is 6.92 Å². The van der Waals surface area contributed by atoms with Crippen molar-refractivity contribution in [3.8, 4) is 22.5 Å². The van der Waals surface area contributed by atoms with Gasteiger partial charge in [-0.3, -0.25) is 4.68 Å². The Balaban J connectivity index is 1.90. The number of rotatable bonds is 5. The normalized spacial score (nSPS) is 12.3. The van der Waals surface area contributed by atoms with Crippen molar-refractivity contribution in [2.45, 2.75) is 13.0 Å². The summed E-state index contributed by atoms with van der Waals surface area (Å²) >= 11 is 6.02. The lowest BCUT2D eigenvalue weighted by molar-refractivity contribution is 0.281. The minimum atomic E-state index is -0.123. The molecule has 142 valence electrons. The fourth-order valence-corrected chi connectivity index (χ4v) is 3.03. The monoisotopic (exact) mass is 394 g/mol. The van der Waals surface area contributed by atoms with Gasteiger partial charge in [-0.25, -0.2) is 15.0 Å². The number of halogens is 1. The molecule has 8 heteroatoms. The molecule has 2 N–H and O–H groups in total. The Morgan fingerprint density at radius 1 is 1.14 bits per heavy atom. The number of hydrogen-bond acceptors (Lipinski definition) is 6. The third-order valence-electron chi connectivity index (χ3n) is 4.32. The average molecular weight is 395 g/mol. The van der Waals surface area contributed by atoms with Gasteiger partial charge in [-0.05, 0) is 25.1 Å². The van der Waals surface area contributed by atoms with Crippen molar-refractivity contribution >= 4 is 28.5 Å². The maximum atomic E-state index is 9.28. The molecule has 3 heterocycles. The van der Waals surface area contributed by atoms with Gasteiger partial charge in [-0.2, -0.15) is 5.10 Å². The minimum Gasteiger partial charge on any atom is -0.394 e. The number of nitrogens with zero attached hydrogens (tertiary/aromatic N) is 5. The fourth-order valence-electron chi connectivity index (χ4n) is 2.90. The van der Waals surface area contributed by atoms with Gasteiger partial charge < -0.3 is 10.4 Å². The molecule has 0 unspecified atom stereocenters. The summed E-state index contributed by atoms with van der Waals surface area (Å²) in [5.41, 5.74) is 4.67. The lowest BCUT2D eigenvalue weighted by atomic mass is 10.1. The summed E-state index contributed by atoms with van der Waals surface area (Å²) in [5.74, 6) is 0.597. The zero-order chi connectivity index (χ0) is 19.7. The Morgan fingerprint density at radius 2 is 1.93 bits per heavy atom. The van der Waals surface area contributed by atoms with Crippen molar-refractivity contribution in [3.63, 3.8) is 0 Å². The largest absolute Gasteiger partial charge is 0.394 e. The number of aryl methyl sites for hydroxylation is 1. The third kappa shape index (κ3) is 3.67. The number of pyridine rings is 1. The summed E-state index contributed by atoms with van der Waals surface area (Å²) in [6.45, 7) is 1.88. The van der Waals surface area contributed by atoms with E-state index in [1.165, 1.54) is 0 Å². The highest BCUT2D eigenvalue weighted by atomic mass is 35.5. The molecule has 0 aliphatic carbocycles. The second kappa shape index (κ2) is 7.53. The van der Waals surface area contributed by atoms with Gasteiger partial charge in [0, 0.05) is 35.4 Å². The molecule has 0 spiro atoms. The van der Waals surface area contributed by atoms with Crippen LogP contribution >= 0.6 is 11.6 Å². The van der Waals surface area contributed by atoms with E-state index in [4.69, 9.17) is 16.6 Å². The van der Waals surface area contributed by atoms with Gasteiger partial charge >= 0.3 is 0 Å². The summed E-state index contributed by atoms with van der Waals surface area (Å²) in [5, 5.41) is 17.3. The van der Waals surface area contributed by atoms with E-state index >= 15 is 0 Å². The first kappa shape index (κ1) is 18.3.